The van der Waals surface area contributed by atoms with E-state index in [4.69, 9.17) is 5.11 Å². The van der Waals surface area contributed by atoms with Gasteiger partial charge in [-0.2, -0.15) is 74.6 Å². The first-order valence-electron chi connectivity index (χ1n) is 7.24. The summed E-state index contributed by atoms with van der Waals surface area (Å²) >= 11 is 1.22. The highest BCUT2D eigenvalue weighted by Crippen LogP contribution is 2.63. The van der Waals surface area contributed by atoms with Crippen molar-refractivity contribution >= 4 is 22.6 Å². The van der Waals surface area contributed by atoms with Gasteiger partial charge < -0.3 is 9.84 Å². The van der Waals surface area contributed by atoms with Crippen molar-refractivity contribution in [2.24, 2.45) is 0 Å². The van der Waals surface area contributed by atoms with Gasteiger partial charge in [0.05, 0.1) is 17.1 Å². The Bertz CT molecular complexity index is 644. The number of halogens is 18. The molecule has 0 bridgehead atoms. The highest BCUT2D eigenvalue weighted by molar-refractivity contribution is 14.1. The fraction of sp³-hybridized carbons (Fsp3) is 1.00. The summed E-state index contributed by atoms with van der Waals surface area (Å²) in [4.78, 5) is 0. The molecule has 0 rings (SSSR count). The summed E-state index contributed by atoms with van der Waals surface area (Å²) in [6.45, 7) is -4.99. The van der Waals surface area contributed by atoms with E-state index in [-0.39, 0.29) is 0 Å². The van der Waals surface area contributed by atoms with Gasteiger partial charge in [0.15, 0.2) is 0 Å². The standard InChI is InChI=1S/C12H8F17IO2/c13-5(14,3-32-2-4(30)1-31)6(15,16)7(17,18)8(19,20)9(21,22)10(23,24)11(25,26)12(27,28)29/h4,31H,1-3H2. The van der Waals surface area contributed by atoms with Gasteiger partial charge in [0, 0.05) is 0 Å². The number of aliphatic hydroxyl groups is 1. The van der Waals surface area contributed by atoms with E-state index >= 15 is 0 Å². The highest BCUT2D eigenvalue weighted by atomic mass is 127. The zero-order valence-electron chi connectivity index (χ0n) is 14.4. The van der Waals surface area contributed by atoms with Gasteiger partial charge in [-0.15, -0.1) is 0 Å². The number of aliphatic hydroxyl groups excluding tert-OH is 1. The van der Waals surface area contributed by atoms with E-state index in [0.29, 0.717) is 0 Å². The van der Waals surface area contributed by atoms with Gasteiger partial charge >= 0.3 is 47.6 Å². The molecule has 0 radical (unpaired) electrons. The zero-order chi connectivity index (χ0) is 26.4. The maximum absolute atomic E-state index is 13.4. The van der Waals surface area contributed by atoms with E-state index in [1.807, 2.05) is 0 Å². The van der Waals surface area contributed by atoms with E-state index in [9.17, 15) is 74.6 Å². The molecule has 1 unspecified atom stereocenters. The third-order valence-electron chi connectivity index (χ3n) is 3.57. The summed E-state index contributed by atoms with van der Waals surface area (Å²) in [7, 11) is 0. The average Bonchev–Trinajstić information content (AvgIpc) is 2.59. The van der Waals surface area contributed by atoms with Crippen molar-refractivity contribution in [3.8, 4) is 0 Å². The second-order valence-corrected chi connectivity index (χ2v) is 7.71. The summed E-state index contributed by atoms with van der Waals surface area (Å²) in [5.74, 6) is -56.6. The van der Waals surface area contributed by atoms with Gasteiger partial charge in [0.25, 0.3) is 0 Å². The maximum Gasteiger partial charge on any atom is 0.460 e. The summed E-state index contributed by atoms with van der Waals surface area (Å²) in [6.07, 6.45) is -7.78. The van der Waals surface area contributed by atoms with Crippen molar-refractivity contribution in [3.63, 3.8) is 0 Å². The van der Waals surface area contributed by atoms with Crippen LogP contribution in [-0.4, -0.2) is 76.5 Å². The van der Waals surface area contributed by atoms with Gasteiger partial charge in [0.2, 0.25) is 0 Å². The quantitative estimate of drug-likeness (QED) is 0.177. The van der Waals surface area contributed by atoms with Crippen LogP contribution in [0.25, 0.3) is 0 Å². The molecule has 20 heteroatoms. The summed E-state index contributed by atoms with van der Waals surface area (Å²) in [5.41, 5.74) is 0. The Morgan fingerprint density at radius 1 is 0.562 bits per heavy atom. The van der Waals surface area contributed by atoms with Crippen LogP contribution in [0.5, 0.6) is 0 Å². The number of ether oxygens (including phenoxy) is 1. The van der Waals surface area contributed by atoms with Crippen molar-refractivity contribution in [1.82, 2.24) is 0 Å². The molecule has 0 aromatic rings. The minimum Gasteiger partial charge on any atom is -0.395 e. The topological polar surface area (TPSA) is 29.5 Å². The fourth-order valence-corrected chi connectivity index (χ4v) is 1.91. The van der Waals surface area contributed by atoms with Crippen LogP contribution < -0.4 is 0 Å². The molecule has 1 atom stereocenters. The molecular weight excluding hydrogens is 626 g/mol. The van der Waals surface area contributed by atoms with Crippen molar-refractivity contribution < 1.29 is 84.5 Å². The number of hydrogen-bond acceptors (Lipinski definition) is 2. The molecule has 0 aliphatic rings. The first kappa shape index (κ1) is 31.5. The molecule has 0 saturated carbocycles. The monoisotopic (exact) mass is 634 g/mol. The van der Waals surface area contributed by atoms with E-state index in [0.717, 1.165) is 0 Å². The molecule has 32 heavy (non-hydrogen) atoms. The van der Waals surface area contributed by atoms with Crippen LogP contribution in [0.4, 0.5) is 74.6 Å². The van der Waals surface area contributed by atoms with Gasteiger partial charge in [-0.3, -0.25) is 0 Å². The second-order valence-electron chi connectivity index (χ2n) is 5.94. The minimum atomic E-state index is -8.65. The molecule has 194 valence electrons. The van der Waals surface area contributed by atoms with Crippen molar-refractivity contribution in [1.29, 1.82) is 0 Å². The van der Waals surface area contributed by atoms with Crippen LogP contribution >= 0.6 is 22.6 Å². The maximum atomic E-state index is 13.4. The zero-order valence-corrected chi connectivity index (χ0v) is 16.5. The molecule has 0 aliphatic carbocycles. The lowest BCUT2D eigenvalue weighted by atomic mass is 9.89. The van der Waals surface area contributed by atoms with Gasteiger partial charge in [-0.25, -0.2) is 0 Å². The lowest BCUT2D eigenvalue weighted by molar-refractivity contribution is -0.462. The third-order valence-corrected chi connectivity index (χ3v) is 4.32. The van der Waals surface area contributed by atoms with E-state index < -0.39 is 71.4 Å². The summed E-state index contributed by atoms with van der Waals surface area (Å²) in [6, 6.07) is 0. The lowest BCUT2D eigenvalue weighted by Gasteiger charge is -2.42. The van der Waals surface area contributed by atoms with Crippen LogP contribution in [-0.2, 0) is 4.74 Å². The SMILES string of the molecule is OCC(I)COCC(F)(F)C(F)(F)C(F)(F)C(F)(F)C(F)(F)C(F)(F)C(F)(F)C(F)(F)F. The Morgan fingerprint density at radius 3 is 1.19 bits per heavy atom. The molecule has 0 saturated heterocycles. The molecule has 0 aromatic heterocycles. The summed E-state index contributed by atoms with van der Waals surface area (Å²) < 4.78 is 223. The van der Waals surface area contributed by atoms with E-state index in [1.165, 1.54) is 22.6 Å². The summed E-state index contributed by atoms with van der Waals surface area (Å²) in [5, 5.41) is 8.51. The largest absolute Gasteiger partial charge is 0.460 e. The molecule has 0 aromatic carbocycles. The molecular formula is C12H8F17IO2. The smallest absolute Gasteiger partial charge is 0.395 e. The Hall–Kier alpha value is -0.540. The van der Waals surface area contributed by atoms with Crippen LogP contribution in [0.2, 0.25) is 0 Å². The normalized spacial score (nSPS) is 17.0. The fourth-order valence-electron chi connectivity index (χ4n) is 1.65. The first-order chi connectivity index (χ1) is 13.7. The number of rotatable bonds is 11. The Labute approximate surface area is 179 Å². The average molecular weight is 634 g/mol. The van der Waals surface area contributed by atoms with Gasteiger partial charge in [0.1, 0.15) is 6.61 Å². The Kier molecular flexibility index (Phi) is 8.76. The van der Waals surface area contributed by atoms with Gasteiger partial charge in [-0.05, 0) is 0 Å². The van der Waals surface area contributed by atoms with Crippen LogP contribution in [0.3, 0.4) is 0 Å². The molecule has 0 fully saturated rings. The minimum absolute atomic E-state index is 0.883. The highest BCUT2D eigenvalue weighted by Gasteiger charge is 2.95. The Balaban J connectivity index is 6.36. The Morgan fingerprint density at radius 2 is 0.875 bits per heavy atom. The van der Waals surface area contributed by atoms with Crippen LogP contribution in [0, 0.1) is 0 Å². The van der Waals surface area contributed by atoms with E-state index in [2.05, 4.69) is 4.74 Å². The molecule has 0 amide bonds. The van der Waals surface area contributed by atoms with Crippen molar-refractivity contribution in [2.45, 2.75) is 51.6 Å². The molecule has 0 heterocycles. The molecule has 1 N–H and O–H groups in total. The number of alkyl halides is 18. The van der Waals surface area contributed by atoms with Gasteiger partial charge in [-0.1, -0.05) is 22.6 Å². The molecule has 0 aliphatic heterocycles. The third kappa shape index (κ3) is 4.67. The van der Waals surface area contributed by atoms with Crippen molar-refractivity contribution in [2.75, 3.05) is 19.8 Å². The van der Waals surface area contributed by atoms with E-state index in [1.54, 1.807) is 0 Å². The van der Waals surface area contributed by atoms with Crippen LogP contribution in [0.1, 0.15) is 0 Å². The lowest BCUT2D eigenvalue weighted by Crippen LogP contribution is -2.74. The predicted molar refractivity (Wildman–Crippen MR) is 76.4 cm³/mol. The second kappa shape index (κ2) is 8.91. The van der Waals surface area contributed by atoms with Crippen LogP contribution in [0.15, 0.2) is 0 Å². The molecule has 0 spiro atoms. The van der Waals surface area contributed by atoms with Crippen molar-refractivity contribution in [3.05, 3.63) is 0 Å². The molecule has 2 nitrogen and oxygen atoms in total. The predicted octanol–water partition coefficient (Wildman–Crippen LogP) is 5.81. The number of hydrogen-bond donors (Lipinski definition) is 1. The first-order valence-corrected chi connectivity index (χ1v) is 8.49.